The van der Waals surface area contributed by atoms with Gasteiger partial charge < -0.3 is 14.3 Å². The van der Waals surface area contributed by atoms with Crippen LogP contribution in [0.3, 0.4) is 0 Å². The van der Waals surface area contributed by atoms with Gasteiger partial charge in [0.2, 0.25) is 0 Å². The van der Waals surface area contributed by atoms with E-state index in [1.807, 2.05) is 25.1 Å². The van der Waals surface area contributed by atoms with E-state index in [0.29, 0.717) is 5.56 Å². The average molecular weight is 212 g/mol. The summed E-state index contributed by atoms with van der Waals surface area (Å²) in [5.41, 5.74) is 2.48. The Kier molecular flexibility index (Phi) is 3.97. The van der Waals surface area contributed by atoms with Crippen LogP contribution in [0.2, 0.25) is 0 Å². The average Bonchev–Trinajstić information content (AvgIpc) is 2.47. The van der Waals surface area contributed by atoms with Crippen molar-refractivity contribution in [2.75, 3.05) is 0 Å². The van der Waals surface area contributed by atoms with Crippen LogP contribution in [0.15, 0.2) is 28.9 Å². The minimum atomic E-state index is -1.09. The van der Waals surface area contributed by atoms with Crippen LogP contribution < -0.4 is 34.7 Å². The molecule has 0 amide bonds. The van der Waals surface area contributed by atoms with E-state index in [1.54, 1.807) is 0 Å². The summed E-state index contributed by atoms with van der Waals surface area (Å²) < 4.78 is 5.24. The number of benzene rings is 1. The molecule has 0 atom stereocenters. The molecule has 4 heteroatoms. The van der Waals surface area contributed by atoms with Crippen molar-refractivity contribution in [3.63, 3.8) is 0 Å². The molecule has 0 spiro atoms. The number of fused-ring (bicyclic) bond motifs is 1. The van der Waals surface area contributed by atoms with Gasteiger partial charge in [-0.2, -0.15) is 0 Å². The predicted octanol–water partition coefficient (Wildman–Crippen LogP) is -1.96. The first-order valence-electron chi connectivity index (χ1n) is 4.33. The van der Waals surface area contributed by atoms with Gasteiger partial charge in [0.15, 0.2) is 0 Å². The van der Waals surface area contributed by atoms with E-state index in [2.05, 4.69) is 0 Å². The molecule has 0 aliphatic carbocycles. The summed E-state index contributed by atoms with van der Waals surface area (Å²) >= 11 is 0. The van der Waals surface area contributed by atoms with Crippen molar-refractivity contribution < 1.29 is 43.9 Å². The van der Waals surface area contributed by atoms with Crippen LogP contribution in [0.25, 0.3) is 11.0 Å². The summed E-state index contributed by atoms with van der Waals surface area (Å²) in [6, 6.07) is 5.68. The minimum Gasteiger partial charge on any atom is -0.550 e. The molecule has 0 fully saturated rings. The van der Waals surface area contributed by atoms with E-state index in [0.717, 1.165) is 16.5 Å². The van der Waals surface area contributed by atoms with Crippen molar-refractivity contribution in [2.24, 2.45) is 0 Å². The van der Waals surface area contributed by atoms with Gasteiger partial charge in [0.1, 0.15) is 5.58 Å². The zero-order valence-corrected chi connectivity index (χ0v) is 10.7. The fourth-order valence-corrected chi connectivity index (χ4v) is 1.48. The topological polar surface area (TPSA) is 53.3 Å². The van der Waals surface area contributed by atoms with E-state index < -0.39 is 5.97 Å². The molecule has 0 bridgehead atoms. The number of carbonyl (C=O) groups is 1. The molecule has 1 aromatic heterocycles. The molecule has 0 N–H and O–H groups in total. The van der Waals surface area contributed by atoms with Crippen molar-refractivity contribution in [3.8, 4) is 0 Å². The predicted molar refractivity (Wildman–Crippen MR) is 49.7 cm³/mol. The number of carboxylic acid groups (broad SMARTS) is 1. The summed E-state index contributed by atoms with van der Waals surface area (Å²) in [4.78, 5) is 10.4. The molecule has 15 heavy (non-hydrogen) atoms. The second-order valence-corrected chi connectivity index (χ2v) is 3.31. The van der Waals surface area contributed by atoms with Crippen molar-refractivity contribution in [1.82, 2.24) is 0 Å². The zero-order valence-electron chi connectivity index (χ0n) is 8.74. The summed E-state index contributed by atoms with van der Waals surface area (Å²) in [7, 11) is 0. The molecule has 0 saturated carbocycles. The normalized spacial score (nSPS) is 9.93. The Morgan fingerprint density at radius 1 is 1.47 bits per heavy atom. The molecule has 2 rings (SSSR count). The van der Waals surface area contributed by atoms with Crippen molar-refractivity contribution in [3.05, 3.63) is 35.6 Å². The third-order valence-electron chi connectivity index (χ3n) is 2.15. The zero-order chi connectivity index (χ0) is 10.1. The Bertz CT molecular complexity index is 488. The fraction of sp³-hybridized carbons (Fsp3) is 0.182. The minimum absolute atomic E-state index is 0. The molecule has 3 nitrogen and oxygen atoms in total. The second kappa shape index (κ2) is 4.84. The second-order valence-electron chi connectivity index (χ2n) is 3.31. The van der Waals surface area contributed by atoms with Crippen LogP contribution in [0, 0.1) is 6.92 Å². The summed E-state index contributed by atoms with van der Waals surface area (Å²) in [6.07, 6.45) is 1.37. The maximum absolute atomic E-state index is 10.4. The molecule has 72 valence electrons. The smallest absolute Gasteiger partial charge is 0.550 e. The Hall–Kier alpha value is -0.770. The molecule has 0 radical (unpaired) electrons. The van der Waals surface area contributed by atoms with Gasteiger partial charge in [0, 0.05) is 23.3 Å². The monoisotopic (exact) mass is 212 g/mol. The first-order valence-corrected chi connectivity index (χ1v) is 4.33. The fourth-order valence-electron chi connectivity index (χ4n) is 1.48. The van der Waals surface area contributed by atoms with Crippen molar-refractivity contribution in [2.45, 2.75) is 13.3 Å². The van der Waals surface area contributed by atoms with Crippen LogP contribution in [0.4, 0.5) is 0 Å². The quantitative estimate of drug-likeness (QED) is 0.543. The number of aryl methyl sites for hydroxylation is 1. The molecule has 2 aromatic rings. The van der Waals surface area contributed by atoms with Crippen LogP contribution in [-0.4, -0.2) is 5.97 Å². The van der Waals surface area contributed by atoms with Gasteiger partial charge >= 0.3 is 29.6 Å². The number of hydrogen-bond donors (Lipinski definition) is 0. The van der Waals surface area contributed by atoms with Crippen molar-refractivity contribution >= 4 is 16.9 Å². The Morgan fingerprint density at radius 3 is 2.87 bits per heavy atom. The Morgan fingerprint density at radius 2 is 2.20 bits per heavy atom. The maximum atomic E-state index is 10.4. The number of carboxylic acids is 1. The van der Waals surface area contributed by atoms with Gasteiger partial charge in [-0.05, 0) is 18.6 Å². The van der Waals surface area contributed by atoms with Crippen LogP contribution in [-0.2, 0) is 11.2 Å². The first-order chi connectivity index (χ1) is 6.66. The van der Waals surface area contributed by atoms with Gasteiger partial charge in [-0.25, -0.2) is 0 Å². The standard InChI is InChI=1S/C11H10O3.Na/c1-7-2-3-9-8(5-11(12)13)6-14-10(9)4-7;/h2-4,6H,5H2,1H3,(H,12,13);/q;+1/p-1. The van der Waals surface area contributed by atoms with E-state index in [4.69, 9.17) is 4.42 Å². The number of hydrogen-bond acceptors (Lipinski definition) is 3. The molecule has 0 unspecified atom stereocenters. The summed E-state index contributed by atoms with van der Waals surface area (Å²) in [6.45, 7) is 1.96. The van der Waals surface area contributed by atoms with Gasteiger partial charge in [-0.3, -0.25) is 0 Å². The van der Waals surface area contributed by atoms with Gasteiger partial charge in [0.25, 0.3) is 0 Å². The Labute approximate surface area is 109 Å². The third-order valence-corrected chi connectivity index (χ3v) is 2.15. The van der Waals surface area contributed by atoms with Gasteiger partial charge in [-0.1, -0.05) is 12.1 Å². The summed E-state index contributed by atoms with van der Waals surface area (Å²) in [5.74, 6) is -1.09. The molecule has 0 saturated heterocycles. The molecule has 1 heterocycles. The third kappa shape index (κ3) is 2.62. The van der Waals surface area contributed by atoms with Crippen molar-refractivity contribution in [1.29, 1.82) is 0 Å². The maximum Gasteiger partial charge on any atom is 1.00 e. The first kappa shape index (κ1) is 12.3. The summed E-state index contributed by atoms with van der Waals surface area (Å²) in [5, 5.41) is 11.3. The largest absolute Gasteiger partial charge is 1.00 e. The number of aliphatic carboxylic acids is 1. The van der Waals surface area contributed by atoms with Gasteiger partial charge in [0.05, 0.1) is 6.26 Å². The number of carbonyl (C=O) groups excluding carboxylic acids is 1. The molecular formula is C11H9NaO3. The number of rotatable bonds is 2. The van der Waals surface area contributed by atoms with Crippen LogP contribution in [0.5, 0.6) is 0 Å². The van der Waals surface area contributed by atoms with E-state index in [-0.39, 0.29) is 36.0 Å². The molecule has 1 aromatic carbocycles. The SMILES string of the molecule is Cc1ccc2c(CC(=O)[O-])coc2c1.[Na+]. The van der Waals surface area contributed by atoms with E-state index in [1.165, 1.54) is 6.26 Å². The molecule has 0 aliphatic heterocycles. The van der Waals surface area contributed by atoms with Crippen LogP contribution in [0.1, 0.15) is 11.1 Å². The van der Waals surface area contributed by atoms with Gasteiger partial charge in [-0.15, -0.1) is 0 Å². The van der Waals surface area contributed by atoms with E-state index >= 15 is 0 Å². The number of furan rings is 1. The van der Waals surface area contributed by atoms with Crippen LogP contribution >= 0.6 is 0 Å². The molecular weight excluding hydrogens is 203 g/mol. The Balaban J connectivity index is 0.00000112. The van der Waals surface area contributed by atoms with E-state index in [9.17, 15) is 9.90 Å². The molecule has 0 aliphatic rings.